The van der Waals surface area contributed by atoms with E-state index in [0.29, 0.717) is 24.5 Å². The van der Waals surface area contributed by atoms with Crippen molar-refractivity contribution in [1.82, 2.24) is 24.9 Å². The first-order valence-corrected chi connectivity index (χ1v) is 57.7. The third-order valence-corrected chi connectivity index (χ3v) is 28.4. The monoisotopic (exact) mass is 2140 g/mol. The number of aromatic nitrogens is 2. The van der Waals surface area contributed by atoms with Gasteiger partial charge in [-0.1, -0.05) is 68.9 Å². The van der Waals surface area contributed by atoms with E-state index in [1.165, 1.54) is 71.8 Å². The van der Waals surface area contributed by atoms with Crippen LogP contribution in [0.3, 0.4) is 0 Å². The minimum Gasteiger partial charge on any atom is -0.772 e. The number of nitrogens with zero attached hydrogens (tertiary/aromatic N) is 2. The van der Waals surface area contributed by atoms with E-state index in [-0.39, 0.29) is 5.78 Å². The van der Waals surface area contributed by atoms with Gasteiger partial charge in [0, 0.05) is 160 Å². The highest BCUT2D eigenvalue weighted by molar-refractivity contribution is 8.02. The molecule has 0 radical (unpaired) electrons. The van der Waals surface area contributed by atoms with Crippen LogP contribution in [0.15, 0.2) is 149 Å². The highest BCUT2D eigenvalue weighted by Crippen LogP contribution is 2.28. The van der Waals surface area contributed by atoms with Gasteiger partial charge in [0.25, 0.3) is 5.91 Å². The molecule has 3 heterocycles. The zero-order valence-electron chi connectivity index (χ0n) is 88.8. The number of nitrogens with one attached hydrogen (secondary N) is 8. The minimum atomic E-state index is -3.24. The first kappa shape index (κ1) is 139. The Kier molecular flexibility index (Phi) is 76.8. The summed E-state index contributed by atoms with van der Waals surface area (Å²) in [6.45, 7) is 46.4. The van der Waals surface area contributed by atoms with Crippen molar-refractivity contribution in [3.8, 4) is 5.75 Å². The summed E-state index contributed by atoms with van der Waals surface area (Å²) < 4.78 is 140. The van der Waals surface area contributed by atoms with Crippen molar-refractivity contribution in [3.05, 3.63) is 161 Å². The first-order valence-electron chi connectivity index (χ1n) is 48.5. The van der Waals surface area contributed by atoms with Crippen molar-refractivity contribution in [2.24, 2.45) is 40.1 Å². The fourth-order valence-electron chi connectivity index (χ4n) is 10.7. The second kappa shape index (κ2) is 78.4. The normalized spacial score (nSPS) is 13.3. The lowest BCUT2D eigenvalue weighted by molar-refractivity contribution is -0.113. The van der Waals surface area contributed by atoms with Crippen molar-refractivity contribution >= 4 is 150 Å². The predicted octanol–water partition coefficient (Wildman–Crippen LogP) is 16.4. The third-order valence-electron chi connectivity index (χ3n) is 19.3. The molecule has 0 saturated carbocycles. The maximum Gasteiger partial charge on any atom is 0.258 e. The molecule has 0 saturated heterocycles. The number of hydrogen-bond acceptors (Lipinski definition) is 32. The molecular weight excluding hydrogens is 1960 g/mol. The van der Waals surface area contributed by atoms with E-state index < -0.39 is 111 Å². The summed E-state index contributed by atoms with van der Waals surface area (Å²) in [6, 6.07) is 42.3. The van der Waals surface area contributed by atoms with Crippen LogP contribution in [0, 0.1) is 6.92 Å². The van der Waals surface area contributed by atoms with Crippen molar-refractivity contribution in [2.75, 3.05) is 118 Å². The molecule has 6 atom stereocenters. The van der Waals surface area contributed by atoms with Gasteiger partial charge in [0.1, 0.15) is 10.7 Å². The number of primary amides is 1. The molecule has 5 aromatic carbocycles. The Morgan fingerprint density at radius 2 is 0.817 bits per heavy atom. The summed E-state index contributed by atoms with van der Waals surface area (Å²) in [7, 11) is -4.18. The maximum atomic E-state index is 11.9. The number of aryl methyl sites for hydroxylation is 2. The highest BCUT2D eigenvalue weighted by atomic mass is 32.2. The number of carbonyl (C=O) groups excluding carboxylic acids is 2. The number of amides is 1. The molecule has 22 N–H and O–H groups in total. The molecule has 142 heavy (non-hydrogen) atoms. The quantitative estimate of drug-likeness (QED) is 0.00963. The van der Waals surface area contributed by atoms with Gasteiger partial charge >= 0.3 is 0 Å². The summed E-state index contributed by atoms with van der Waals surface area (Å²) in [6.07, 6.45) is 25.0. The van der Waals surface area contributed by atoms with Gasteiger partial charge in [0.2, 0.25) is 10.0 Å². The van der Waals surface area contributed by atoms with Crippen LogP contribution in [0.1, 0.15) is 282 Å². The molecule has 7 aromatic rings. The number of carbonyl (C=O) groups is 2. The second-order valence-corrected chi connectivity index (χ2v) is 51.7. The number of para-hydroxylation sites is 1. The number of sulfonamides is 1. The van der Waals surface area contributed by atoms with Gasteiger partial charge in [0.05, 0.1) is 22.4 Å². The number of ether oxygens (including phenoxy) is 1. The number of allylic oxidation sites excluding steroid dienone is 1. The Morgan fingerprint density at radius 3 is 1.22 bits per heavy atom. The lowest BCUT2D eigenvalue weighted by Gasteiger charge is -2.20. The van der Waals surface area contributed by atoms with Crippen molar-refractivity contribution < 1.29 is 70.8 Å². The van der Waals surface area contributed by atoms with Crippen LogP contribution in [-0.2, 0) is 87.4 Å². The summed E-state index contributed by atoms with van der Waals surface area (Å²) in [5.74, 6) is 0.818. The average molecular weight is 2140 g/mol. The fraction of sp³-hybridized carbons (Fsp3) is 0.604. The molecule has 0 fully saturated rings. The van der Waals surface area contributed by atoms with Crippen LogP contribution in [0.25, 0.3) is 21.8 Å². The largest absolute Gasteiger partial charge is 0.772 e. The van der Waals surface area contributed by atoms with Crippen molar-refractivity contribution in [1.29, 1.82) is 0 Å². The van der Waals surface area contributed by atoms with E-state index in [4.69, 9.17) is 44.9 Å². The Balaban J connectivity index is -0.00000152. The Labute approximate surface area is 871 Å². The van der Waals surface area contributed by atoms with Crippen LogP contribution in [0.2, 0.25) is 0 Å². The molecule has 814 valence electrons. The lowest BCUT2D eigenvalue weighted by atomic mass is 10.1. The minimum absolute atomic E-state index is 0.287. The van der Waals surface area contributed by atoms with Gasteiger partial charge in [-0.25, -0.2) is 13.1 Å². The number of benzene rings is 5. The average Bonchev–Trinajstić information content (AvgIpc) is 1.62. The summed E-state index contributed by atoms with van der Waals surface area (Å²) in [5.41, 5.74) is 51.7. The molecule has 9 rings (SSSR count). The zero-order valence-corrected chi connectivity index (χ0v) is 95.3. The molecule has 33 nitrogen and oxygen atoms in total. The van der Waals surface area contributed by atoms with Crippen molar-refractivity contribution in [2.45, 2.75) is 307 Å². The van der Waals surface area contributed by atoms with Crippen LogP contribution in [0.5, 0.6) is 5.75 Å². The van der Waals surface area contributed by atoms with Gasteiger partial charge in [-0.3, -0.25) is 44.8 Å². The summed E-state index contributed by atoms with van der Waals surface area (Å²) in [5, 5.41) is 19.4. The molecule has 0 spiro atoms. The number of hydrazine groups is 1. The number of hydrogen-bond donors (Lipinski definition) is 15. The molecular formula is C101H176N17O16S8-5. The number of pyridine rings is 2. The number of rotatable bonds is 40. The topological polar surface area (TPSA) is 599 Å². The first-order chi connectivity index (χ1) is 66.4. The summed E-state index contributed by atoms with van der Waals surface area (Å²) in [4.78, 5) is 34.9. The lowest BCUT2D eigenvalue weighted by Crippen LogP contribution is -2.39. The molecule has 1 aliphatic heterocycles. The van der Waals surface area contributed by atoms with E-state index in [1.54, 1.807) is 138 Å². The van der Waals surface area contributed by atoms with Gasteiger partial charge in [-0.2, -0.15) is 4.83 Å². The number of nitrogens with two attached hydrogens (primary N) is 7. The van der Waals surface area contributed by atoms with Crippen molar-refractivity contribution in [3.63, 3.8) is 0 Å². The van der Waals surface area contributed by atoms with Gasteiger partial charge in [0.15, 0.2) is 5.78 Å². The molecule has 1 aliphatic carbocycles. The van der Waals surface area contributed by atoms with Crippen LogP contribution in [0.4, 0.5) is 28.4 Å². The number of Topliss-reactive ketones (excluding diaryl/α,β-unsaturated/α-hetero) is 1. The molecule has 2 aromatic heterocycles. The Morgan fingerprint density at radius 1 is 0.444 bits per heavy atom. The Bertz CT molecular complexity index is 4750. The highest BCUT2D eigenvalue weighted by Gasteiger charge is 2.28. The van der Waals surface area contributed by atoms with Crippen LogP contribution in [-0.4, -0.2) is 198 Å². The number of anilines is 5. The SMILES string of the molecule is CC(C)(C)S(=O)[O-].CC(C)(C)S(=O)[O-].CC(C)(C)S(=O)[O-].CC(C)(C)S(=O)[O-].CC(C)(C)S(=O)[O-].CC1=C(C(N)=O)SNN1.CCOc1cccc(NCCCCCN)c1.CS(=O)c1ccc(NCCCCCNS(=O)(=O)C(C)(C)C)cc1.Cc1cc(NCCCCCN)c2ccccc2n1.NCCCCCN.NCCCCCNc1ccc2c(c1)CCC2=O.NCCCCCNc1cccc2ncccc12. The fourth-order valence-corrected chi connectivity index (χ4v) is 12.6. The van der Waals surface area contributed by atoms with Gasteiger partial charge in [-0.15, -0.1) is 0 Å². The van der Waals surface area contributed by atoms with E-state index in [9.17, 15) is 66.0 Å². The molecule has 1 amide bonds. The Hall–Kier alpha value is -6.92. The van der Waals surface area contributed by atoms with E-state index in [1.807, 2.05) is 98.9 Å². The molecule has 2 aliphatic rings. The van der Waals surface area contributed by atoms with E-state index in [0.717, 1.165) is 218 Å². The number of unbranched alkanes of at least 4 members (excludes halogenated alkanes) is 12. The molecule has 0 bridgehead atoms. The maximum absolute atomic E-state index is 11.9. The second-order valence-electron chi connectivity index (χ2n) is 38.6. The van der Waals surface area contributed by atoms with E-state index >= 15 is 0 Å². The predicted molar refractivity (Wildman–Crippen MR) is 599 cm³/mol. The smallest absolute Gasteiger partial charge is 0.258 e. The summed E-state index contributed by atoms with van der Waals surface area (Å²) >= 11 is -8.46. The molecule has 41 heteroatoms. The van der Waals surface area contributed by atoms with Gasteiger partial charge in [-0.05, 0) is 432 Å². The standard InChI is InChI=1S/C16H28N2O3S2.C15H21N3.C14H19N3.C14H20N2O.C13H22N2O.C5H14N2.C4H7N3OS.5C4H10O2S/c1-16(2,3)23(20,21)18-13-7-5-6-12-17-14-8-10-15(11-9-14)22(4)19;1-12-11-15(17-10-6-2-5-9-16)13-7-3-4-8-14(13)18-12;15-9-2-1-3-10-16-13-7-4-8-14-12(13)6-5-11-17-14;15-8-2-1-3-9-16-12-5-6-13-11(10-12)4-7-14(13)17;1-2-16-13-8-6-7-12(11-13)15-10-5-3-4-9-14;6-4-2-1-3-5-7;1-2-3(4(5)8)9-7-6-2;5*1-4(2,3)7(5)6/h8-11,17-18H,5-7,12-13H2,1-4H3;3-4,7-8,11H,2,5-6,9-10,16H2,1H3,(H,17,18);4-8,11,16H,1-3,9-10,15H2;5-6,10,16H,1-4,7-9,15H2;6-8,11,15H,2-5,9-10,14H2,1H3;1-7H2;6-7H,1H3,(H2,5,8);5*1-3H3,(H,5,6)/p-5. The van der Waals surface area contributed by atoms with E-state index in [2.05, 4.69) is 100 Å². The zero-order chi connectivity index (χ0) is 109. The third kappa shape index (κ3) is 70.0. The van der Waals surface area contributed by atoms with Crippen LogP contribution >= 0.6 is 11.9 Å². The number of ketones is 1. The van der Waals surface area contributed by atoms with Gasteiger partial charge < -0.3 is 99.6 Å². The number of fused-ring (bicyclic) bond motifs is 3. The molecule has 6 unspecified atom stereocenters. The van der Waals surface area contributed by atoms with Crippen LogP contribution < -0.4 is 86.4 Å².